The Hall–Kier alpha value is -2.99. The number of anilines is 1. The monoisotopic (exact) mass is 393 g/mol. The second-order valence-electron chi connectivity index (χ2n) is 7.53. The maximum absolute atomic E-state index is 13.0. The minimum atomic E-state index is -0.495. The molecule has 5 nitrogen and oxygen atoms in total. The number of nitrogens with one attached hydrogen (secondary N) is 1. The smallest absolute Gasteiger partial charge is 0.247 e. The third-order valence-corrected chi connectivity index (χ3v) is 5.85. The van der Waals surface area contributed by atoms with Crippen LogP contribution in [0.4, 0.5) is 10.1 Å². The van der Waals surface area contributed by atoms with Gasteiger partial charge in [0, 0.05) is 30.9 Å². The lowest BCUT2D eigenvalue weighted by Crippen LogP contribution is -2.56. The zero-order valence-electron chi connectivity index (χ0n) is 16.2. The molecule has 2 heterocycles. The molecule has 6 heteroatoms. The molecule has 1 spiro atoms. The van der Waals surface area contributed by atoms with E-state index in [1.54, 1.807) is 0 Å². The Morgan fingerprint density at radius 2 is 1.76 bits per heavy atom. The highest BCUT2D eigenvalue weighted by Gasteiger charge is 2.50. The molecule has 2 saturated heterocycles. The SMILES string of the molecule is O=C(C=CCN1CCC2(CC1)C(=O)NCN2c1ccccc1)c1ccc(F)cc1. The molecule has 2 fully saturated rings. The molecule has 0 unspecified atom stereocenters. The number of ketones is 1. The number of hydrogen-bond acceptors (Lipinski definition) is 4. The second-order valence-corrected chi connectivity index (χ2v) is 7.53. The van der Waals surface area contributed by atoms with E-state index in [9.17, 15) is 14.0 Å². The Bertz CT molecular complexity index is 903. The van der Waals surface area contributed by atoms with E-state index in [0.717, 1.165) is 31.6 Å². The van der Waals surface area contributed by atoms with Crippen molar-refractivity contribution >= 4 is 17.4 Å². The summed E-state index contributed by atoms with van der Waals surface area (Å²) in [6.45, 7) is 2.75. The zero-order valence-corrected chi connectivity index (χ0v) is 16.2. The summed E-state index contributed by atoms with van der Waals surface area (Å²) < 4.78 is 13.0. The molecule has 2 aliphatic rings. The van der Waals surface area contributed by atoms with E-state index in [1.807, 2.05) is 36.4 Å². The molecule has 2 aromatic carbocycles. The molecule has 0 atom stereocenters. The molecule has 2 aliphatic heterocycles. The Kier molecular flexibility index (Phi) is 5.45. The fourth-order valence-electron chi connectivity index (χ4n) is 4.16. The van der Waals surface area contributed by atoms with Crippen molar-refractivity contribution in [2.75, 3.05) is 31.2 Å². The van der Waals surface area contributed by atoms with Crippen LogP contribution in [0.1, 0.15) is 23.2 Å². The third-order valence-electron chi connectivity index (χ3n) is 5.85. The molecule has 0 aromatic heterocycles. The van der Waals surface area contributed by atoms with Gasteiger partial charge in [-0.3, -0.25) is 14.5 Å². The summed E-state index contributed by atoms with van der Waals surface area (Å²) in [5, 5.41) is 3.01. The molecule has 0 radical (unpaired) electrons. The summed E-state index contributed by atoms with van der Waals surface area (Å²) in [5.74, 6) is -0.389. The average Bonchev–Trinajstić information content (AvgIpc) is 3.06. The number of carbonyl (C=O) groups is 2. The molecule has 29 heavy (non-hydrogen) atoms. The third kappa shape index (κ3) is 3.93. The molecule has 1 N–H and O–H groups in total. The van der Waals surface area contributed by atoms with E-state index in [4.69, 9.17) is 0 Å². The Morgan fingerprint density at radius 1 is 1.07 bits per heavy atom. The molecule has 4 rings (SSSR count). The maximum atomic E-state index is 13.0. The number of likely N-dealkylation sites (tertiary alicyclic amines) is 1. The summed E-state index contributed by atoms with van der Waals surface area (Å²) in [4.78, 5) is 29.3. The minimum Gasteiger partial charge on any atom is -0.339 e. The van der Waals surface area contributed by atoms with Gasteiger partial charge in [0.15, 0.2) is 5.78 Å². The van der Waals surface area contributed by atoms with Gasteiger partial charge in [-0.15, -0.1) is 0 Å². The lowest BCUT2D eigenvalue weighted by molar-refractivity contribution is -0.125. The average molecular weight is 393 g/mol. The van der Waals surface area contributed by atoms with Crippen LogP contribution in [0.25, 0.3) is 0 Å². The van der Waals surface area contributed by atoms with Gasteiger partial charge in [-0.05, 0) is 55.3 Å². The van der Waals surface area contributed by atoms with Crippen molar-refractivity contribution in [3.63, 3.8) is 0 Å². The predicted molar refractivity (Wildman–Crippen MR) is 110 cm³/mol. The number of allylic oxidation sites excluding steroid dienone is 1. The Morgan fingerprint density at radius 3 is 2.45 bits per heavy atom. The highest BCUT2D eigenvalue weighted by Crippen LogP contribution is 2.36. The van der Waals surface area contributed by atoms with E-state index < -0.39 is 5.54 Å². The van der Waals surface area contributed by atoms with Crippen molar-refractivity contribution in [3.8, 4) is 0 Å². The van der Waals surface area contributed by atoms with Crippen molar-refractivity contribution in [3.05, 3.63) is 78.1 Å². The zero-order chi connectivity index (χ0) is 20.3. The molecular formula is C23H24FN3O2. The number of para-hydroxylation sites is 1. The van der Waals surface area contributed by atoms with E-state index >= 15 is 0 Å². The Labute approximate surface area is 169 Å². The molecular weight excluding hydrogens is 369 g/mol. The van der Waals surface area contributed by atoms with Gasteiger partial charge in [0.05, 0.1) is 6.67 Å². The number of halogens is 1. The molecule has 1 amide bonds. The maximum Gasteiger partial charge on any atom is 0.247 e. The number of carbonyl (C=O) groups excluding carboxylic acids is 2. The van der Waals surface area contributed by atoms with E-state index in [2.05, 4.69) is 15.1 Å². The van der Waals surface area contributed by atoms with Crippen LogP contribution in [0.5, 0.6) is 0 Å². The number of benzene rings is 2. The fraction of sp³-hybridized carbons (Fsp3) is 0.304. The van der Waals surface area contributed by atoms with Crippen LogP contribution in [-0.4, -0.2) is 48.4 Å². The highest BCUT2D eigenvalue weighted by molar-refractivity contribution is 6.04. The van der Waals surface area contributed by atoms with Crippen molar-refractivity contribution in [1.29, 1.82) is 0 Å². The second kappa shape index (κ2) is 8.17. The van der Waals surface area contributed by atoms with Gasteiger partial charge in [0.2, 0.25) is 5.91 Å². The Balaban J connectivity index is 1.35. The van der Waals surface area contributed by atoms with Gasteiger partial charge in [-0.1, -0.05) is 24.3 Å². The normalized spacial score (nSPS) is 19.1. The number of piperidine rings is 1. The van der Waals surface area contributed by atoms with Crippen LogP contribution in [-0.2, 0) is 4.79 Å². The predicted octanol–water partition coefficient (Wildman–Crippen LogP) is 2.99. The lowest BCUT2D eigenvalue weighted by Gasteiger charge is -2.43. The van der Waals surface area contributed by atoms with Gasteiger partial charge in [0.25, 0.3) is 0 Å². The number of nitrogens with zero attached hydrogens (tertiary/aromatic N) is 2. The quantitative estimate of drug-likeness (QED) is 0.627. The summed E-state index contributed by atoms with van der Waals surface area (Å²) in [5.41, 5.74) is 1.04. The van der Waals surface area contributed by atoms with Gasteiger partial charge < -0.3 is 10.2 Å². The van der Waals surface area contributed by atoms with Crippen LogP contribution in [0, 0.1) is 5.82 Å². The summed E-state index contributed by atoms with van der Waals surface area (Å²) in [6.07, 6.45) is 4.87. The summed E-state index contributed by atoms with van der Waals surface area (Å²) in [7, 11) is 0. The van der Waals surface area contributed by atoms with Gasteiger partial charge in [0.1, 0.15) is 11.4 Å². The van der Waals surface area contributed by atoms with Crippen LogP contribution < -0.4 is 10.2 Å². The molecule has 0 bridgehead atoms. The van der Waals surface area contributed by atoms with E-state index in [1.165, 1.54) is 30.3 Å². The van der Waals surface area contributed by atoms with E-state index in [0.29, 0.717) is 18.8 Å². The molecule has 150 valence electrons. The van der Waals surface area contributed by atoms with Gasteiger partial charge >= 0.3 is 0 Å². The summed E-state index contributed by atoms with van der Waals surface area (Å²) >= 11 is 0. The van der Waals surface area contributed by atoms with Crippen molar-refractivity contribution < 1.29 is 14.0 Å². The highest BCUT2D eigenvalue weighted by atomic mass is 19.1. The first-order valence-corrected chi connectivity index (χ1v) is 9.88. The topological polar surface area (TPSA) is 52.7 Å². The largest absolute Gasteiger partial charge is 0.339 e. The fourth-order valence-corrected chi connectivity index (χ4v) is 4.16. The van der Waals surface area contributed by atoms with Crippen LogP contribution in [0.2, 0.25) is 0 Å². The number of amides is 1. The van der Waals surface area contributed by atoms with Crippen LogP contribution in [0.3, 0.4) is 0 Å². The number of hydrogen-bond donors (Lipinski definition) is 1. The van der Waals surface area contributed by atoms with Crippen molar-refractivity contribution in [2.45, 2.75) is 18.4 Å². The van der Waals surface area contributed by atoms with Crippen LogP contribution in [0.15, 0.2) is 66.7 Å². The molecule has 0 aliphatic carbocycles. The van der Waals surface area contributed by atoms with Crippen molar-refractivity contribution in [2.24, 2.45) is 0 Å². The summed E-state index contributed by atoms with van der Waals surface area (Å²) in [6, 6.07) is 15.6. The lowest BCUT2D eigenvalue weighted by atomic mass is 9.85. The first-order valence-electron chi connectivity index (χ1n) is 9.88. The van der Waals surface area contributed by atoms with E-state index in [-0.39, 0.29) is 17.5 Å². The molecule has 2 aromatic rings. The van der Waals surface area contributed by atoms with Gasteiger partial charge in [-0.25, -0.2) is 4.39 Å². The minimum absolute atomic E-state index is 0.100. The number of rotatable bonds is 5. The van der Waals surface area contributed by atoms with Gasteiger partial charge in [-0.2, -0.15) is 0 Å². The first-order chi connectivity index (χ1) is 14.1. The molecule has 0 saturated carbocycles. The van der Waals surface area contributed by atoms with Crippen molar-refractivity contribution in [1.82, 2.24) is 10.2 Å². The first kappa shape index (κ1) is 19.3. The standard InChI is InChI=1S/C23H24FN3O2/c24-19-10-8-18(9-11-19)21(28)7-4-14-26-15-12-23(13-16-26)22(29)25-17-27(23)20-5-2-1-3-6-20/h1-11H,12-17H2,(H,25,29). The van der Waals surface area contributed by atoms with Crippen LogP contribution >= 0.6 is 0 Å².